The van der Waals surface area contributed by atoms with Gasteiger partial charge in [-0.3, -0.25) is 0 Å². The fourth-order valence-corrected chi connectivity index (χ4v) is 4.46. The fourth-order valence-electron chi connectivity index (χ4n) is 3.25. The van der Waals surface area contributed by atoms with Gasteiger partial charge in [-0.05, 0) is 38.0 Å². The molecule has 0 spiro atoms. The van der Waals surface area contributed by atoms with Crippen LogP contribution in [0.3, 0.4) is 0 Å². The Balaban J connectivity index is 2.28. The Hall–Kier alpha value is -2.08. The number of rotatable bonds is 3. The first-order valence-corrected chi connectivity index (χ1v) is 8.84. The topological polar surface area (TPSA) is 64.4 Å². The summed E-state index contributed by atoms with van der Waals surface area (Å²) in [5.74, 6) is 1.55. The molecule has 1 aromatic carbocycles. The first-order chi connectivity index (χ1) is 11.9. The maximum atomic E-state index is 14.8. The van der Waals surface area contributed by atoms with Crippen molar-refractivity contribution in [1.82, 2.24) is 9.78 Å². The van der Waals surface area contributed by atoms with Crippen LogP contribution in [0, 0.1) is 12.7 Å². The second kappa shape index (κ2) is 6.67. The minimum atomic E-state index is -0.651. The number of fused-ring (bicyclic) bond motifs is 1. The summed E-state index contributed by atoms with van der Waals surface area (Å²) in [7, 11) is 1.49. The van der Waals surface area contributed by atoms with E-state index in [2.05, 4.69) is 5.10 Å². The number of carbonyl (C=O) groups excluding carboxylic acids is 1. The van der Waals surface area contributed by atoms with Crippen molar-refractivity contribution in [3.05, 3.63) is 34.8 Å². The first-order valence-electron chi connectivity index (χ1n) is 7.97. The van der Waals surface area contributed by atoms with E-state index in [-0.39, 0.29) is 11.1 Å². The largest absolute Gasteiger partial charge is 0.493 e. The van der Waals surface area contributed by atoms with E-state index in [1.165, 1.54) is 35.8 Å². The van der Waals surface area contributed by atoms with Crippen molar-refractivity contribution in [2.45, 2.75) is 43.6 Å². The van der Waals surface area contributed by atoms with Crippen molar-refractivity contribution in [1.29, 1.82) is 0 Å². The van der Waals surface area contributed by atoms with Crippen LogP contribution in [0.25, 0.3) is 11.1 Å². The molecule has 0 bridgehead atoms. The van der Waals surface area contributed by atoms with Gasteiger partial charge < -0.3 is 9.84 Å². The minimum Gasteiger partial charge on any atom is -0.493 e. The number of halogens is 1. The van der Waals surface area contributed by atoms with E-state index in [1.54, 1.807) is 0 Å². The van der Waals surface area contributed by atoms with E-state index in [9.17, 15) is 14.3 Å². The van der Waals surface area contributed by atoms with Gasteiger partial charge in [0, 0.05) is 24.5 Å². The second-order valence-corrected chi connectivity index (χ2v) is 7.26. The summed E-state index contributed by atoms with van der Waals surface area (Å²) >= 11 is 1.28. The molecule has 2 heterocycles. The molecule has 2 aromatic rings. The summed E-state index contributed by atoms with van der Waals surface area (Å²) in [6.07, 6.45) is 0.866. The molecule has 0 amide bonds. The van der Waals surface area contributed by atoms with Crippen molar-refractivity contribution < 1.29 is 19.0 Å². The first kappa shape index (κ1) is 17.7. The number of hydrogen-bond donors (Lipinski definition) is 1. The molecule has 0 saturated carbocycles. The van der Waals surface area contributed by atoms with Gasteiger partial charge in [-0.2, -0.15) is 5.10 Å². The van der Waals surface area contributed by atoms with Crippen LogP contribution in [0.2, 0.25) is 0 Å². The number of hydrogen-bond acceptors (Lipinski definition) is 5. The lowest BCUT2D eigenvalue weighted by molar-refractivity contribution is 0.127. The van der Waals surface area contributed by atoms with Gasteiger partial charge in [-0.1, -0.05) is 0 Å². The minimum absolute atomic E-state index is 0.0121. The molecule has 7 heteroatoms. The average molecular weight is 362 g/mol. The Kier molecular flexibility index (Phi) is 4.73. The highest BCUT2D eigenvalue weighted by Crippen LogP contribution is 2.49. The summed E-state index contributed by atoms with van der Waals surface area (Å²) < 4.78 is 21.8. The normalized spacial score (nSPS) is 19.6. The molecule has 1 aliphatic heterocycles. The van der Waals surface area contributed by atoms with E-state index in [4.69, 9.17) is 4.74 Å². The van der Waals surface area contributed by atoms with E-state index >= 15 is 0 Å². The third-order valence-electron chi connectivity index (χ3n) is 4.57. The van der Waals surface area contributed by atoms with Gasteiger partial charge in [0.1, 0.15) is 17.9 Å². The number of thioether (sulfide) groups is 1. The Labute approximate surface area is 149 Å². The highest BCUT2D eigenvalue weighted by molar-refractivity contribution is 8.00. The highest BCUT2D eigenvalue weighted by Gasteiger charge is 2.36. The Bertz CT molecular complexity index is 887. The Morgan fingerprint density at radius 3 is 2.76 bits per heavy atom. The van der Waals surface area contributed by atoms with Gasteiger partial charge in [0.05, 0.1) is 22.2 Å². The molecule has 0 fully saturated rings. The molecule has 3 rings (SSSR count). The van der Waals surface area contributed by atoms with Crippen LogP contribution < -0.4 is 0 Å². The summed E-state index contributed by atoms with van der Waals surface area (Å²) in [5, 5.41) is 14.2. The molecule has 1 aliphatic rings. The van der Waals surface area contributed by atoms with Crippen LogP contribution in [0.1, 0.15) is 31.1 Å². The third-order valence-corrected chi connectivity index (χ3v) is 5.83. The number of aryl methyl sites for hydroxylation is 1. The predicted octanol–water partition coefficient (Wildman–Crippen LogP) is 3.66. The standard InChI is InChI=1S/C18H19FN2O3S/c1-5-21-18(23)12(7-20-21)11-6-14(19)17-15(9(11)2)16(24-4)13(8-22)10(3)25-17/h6-7,10,16,23H,5H2,1-4H3. The van der Waals surface area contributed by atoms with Gasteiger partial charge in [0.2, 0.25) is 5.88 Å². The zero-order chi connectivity index (χ0) is 18.3. The van der Waals surface area contributed by atoms with E-state index in [0.717, 1.165) is 5.56 Å². The molecule has 5 nitrogen and oxygen atoms in total. The summed E-state index contributed by atoms with van der Waals surface area (Å²) in [6.45, 7) is 6.03. The molecule has 0 saturated heterocycles. The SMILES string of the molecule is CCn1ncc(-c2cc(F)c3c(c2C)C(OC)C(=C=O)C(C)S3)c1O. The smallest absolute Gasteiger partial charge is 0.217 e. The van der Waals surface area contributed by atoms with E-state index in [0.29, 0.717) is 33.7 Å². The number of ether oxygens (including phenoxy) is 1. The van der Waals surface area contributed by atoms with Gasteiger partial charge in [-0.15, -0.1) is 11.8 Å². The van der Waals surface area contributed by atoms with E-state index in [1.807, 2.05) is 26.7 Å². The van der Waals surface area contributed by atoms with Crippen LogP contribution in [0.4, 0.5) is 4.39 Å². The van der Waals surface area contributed by atoms with Crippen LogP contribution >= 0.6 is 11.8 Å². The van der Waals surface area contributed by atoms with Crippen molar-refractivity contribution in [3.63, 3.8) is 0 Å². The maximum Gasteiger partial charge on any atom is 0.217 e. The molecular weight excluding hydrogens is 343 g/mol. The Morgan fingerprint density at radius 2 is 2.20 bits per heavy atom. The van der Waals surface area contributed by atoms with Crippen molar-refractivity contribution in [2.24, 2.45) is 0 Å². The quantitative estimate of drug-likeness (QED) is 0.844. The van der Waals surface area contributed by atoms with E-state index < -0.39 is 11.9 Å². The van der Waals surface area contributed by atoms with Gasteiger partial charge in [0.15, 0.2) is 0 Å². The number of methoxy groups -OCH3 is 1. The van der Waals surface area contributed by atoms with Gasteiger partial charge in [0.25, 0.3) is 0 Å². The highest BCUT2D eigenvalue weighted by atomic mass is 32.2. The number of aromatic hydroxyl groups is 1. The molecule has 132 valence electrons. The molecule has 1 aromatic heterocycles. The summed E-state index contributed by atoms with van der Waals surface area (Å²) in [6, 6.07) is 1.41. The third kappa shape index (κ3) is 2.68. The second-order valence-electron chi connectivity index (χ2n) is 5.90. The fraction of sp³-hybridized carbons (Fsp3) is 0.389. The van der Waals surface area contributed by atoms with Crippen LogP contribution in [0.15, 0.2) is 22.7 Å². The van der Waals surface area contributed by atoms with Crippen molar-refractivity contribution >= 4 is 17.7 Å². The molecule has 0 radical (unpaired) electrons. The lowest BCUT2D eigenvalue weighted by Gasteiger charge is -2.31. The summed E-state index contributed by atoms with van der Waals surface area (Å²) in [4.78, 5) is 11.9. The molecule has 25 heavy (non-hydrogen) atoms. The zero-order valence-electron chi connectivity index (χ0n) is 14.5. The molecular formula is C18H19FN2O3S. The number of nitrogens with zero attached hydrogens (tertiary/aromatic N) is 2. The van der Waals surface area contributed by atoms with Crippen LogP contribution in [0.5, 0.6) is 5.88 Å². The van der Waals surface area contributed by atoms with Crippen molar-refractivity contribution in [2.75, 3.05) is 7.11 Å². The molecule has 1 N–H and O–H groups in total. The van der Waals surface area contributed by atoms with Gasteiger partial charge in [-0.25, -0.2) is 13.9 Å². The summed E-state index contributed by atoms with van der Waals surface area (Å²) in [5.41, 5.74) is 2.81. The lowest BCUT2D eigenvalue weighted by atomic mass is 9.90. The zero-order valence-corrected chi connectivity index (χ0v) is 15.3. The molecule has 2 unspecified atom stereocenters. The molecule has 2 atom stereocenters. The Morgan fingerprint density at radius 1 is 1.48 bits per heavy atom. The number of benzene rings is 1. The molecule has 0 aliphatic carbocycles. The number of aromatic nitrogens is 2. The van der Waals surface area contributed by atoms with Crippen molar-refractivity contribution in [3.8, 4) is 17.0 Å². The van der Waals surface area contributed by atoms with Crippen LogP contribution in [-0.4, -0.2) is 33.2 Å². The lowest BCUT2D eigenvalue weighted by Crippen LogP contribution is -2.22. The van der Waals surface area contributed by atoms with Gasteiger partial charge >= 0.3 is 0 Å². The maximum absolute atomic E-state index is 14.8. The predicted molar refractivity (Wildman–Crippen MR) is 94.0 cm³/mol. The monoisotopic (exact) mass is 362 g/mol. The average Bonchev–Trinajstić information content (AvgIpc) is 2.97. The van der Waals surface area contributed by atoms with Crippen LogP contribution in [-0.2, 0) is 16.1 Å².